The fourth-order valence-electron chi connectivity index (χ4n) is 2.80. The Kier molecular flexibility index (Phi) is 6.48. The lowest BCUT2D eigenvalue weighted by Crippen LogP contribution is -2.50. The van der Waals surface area contributed by atoms with Crippen molar-refractivity contribution < 1.29 is 19.1 Å². The molecule has 0 unspecified atom stereocenters. The van der Waals surface area contributed by atoms with E-state index in [-0.39, 0.29) is 23.1 Å². The van der Waals surface area contributed by atoms with Crippen LogP contribution in [0.5, 0.6) is 0 Å². The highest BCUT2D eigenvalue weighted by Crippen LogP contribution is 2.44. The highest BCUT2D eigenvalue weighted by molar-refractivity contribution is 8.00. The van der Waals surface area contributed by atoms with Crippen molar-refractivity contribution in [3.8, 4) is 0 Å². The van der Waals surface area contributed by atoms with Gasteiger partial charge < -0.3 is 14.8 Å². The molecule has 1 N–H and O–H groups in total. The van der Waals surface area contributed by atoms with Crippen molar-refractivity contribution in [2.45, 2.75) is 49.2 Å². The smallest absolute Gasteiger partial charge is 0.243 e. The quantitative estimate of drug-likeness (QED) is 0.783. The lowest BCUT2D eigenvalue weighted by Gasteiger charge is -2.29. The Labute approximate surface area is 153 Å². The SMILES string of the molecule is COC(CNC(=O)[C@@H](C)N1C(=O)CC(C)(C)Sc2ccccc21)OC. The van der Waals surface area contributed by atoms with Crippen LogP contribution in [-0.4, -0.2) is 49.7 Å². The molecule has 1 atom stereocenters. The number of methoxy groups -OCH3 is 2. The topological polar surface area (TPSA) is 67.9 Å². The summed E-state index contributed by atoms with van der Waals surface area (Å²) in [5, 5.41) is 2.78. The minimum absolute atomic E-state index is 0.0554. The first-order chi connectivity index (χ1) is 11.8. The Morgan fingerprint density at radius 2 is 1.96 bits per heavy atom. The Hall–Kier alpha value is -1.57. The van der Waals surface area contributed by atoms with E-state index in [2.05, 4.69) is 5.32 Å². The molecule has 0 aliphatic carbocycles. The molecule has 1 heterocycles. The second-order valence-electron chi connectivity index (χ2n) is 6.59. The minimum atomic E-state index is -0.627. The number of amides is 2. The average molecular weight is 366 g/mol. The van der Waals surface area contributed by atoms with Crippen molar-refractivity contribution in [3.05, 3.63) is 24.3 Å². The van der Waals surface area contributed by atoms with Crippen LogP contribution < -0.4 is 10.2 Å². The van der Waals surface area contributed by atoms with Gasteiger partial charge in [0.15, 0.2) is 6.29 Å². The van der Waals surface area contributed by atoms with E-state index in [1.165, 1.54) is 14.2 Å². The number of hydrogen-bond acceptors (Lipinski definition) is 5. The molecule has 0 saturated carbocycles. The molecule has 1 aromatic rings. The highest BCUT2D eigenvalue weighted by Gasteiger charge is 2.37. The van der Waals surface area contributed by atoms with E-state index in [1.54, 1.807) is 23.6 Å². The number of nitrogens with one attached hydrogen (secondary N) is 1. The van der Waals surface area contributed by atoms with Crippen LogP contribution in [0.3, 0.4) is 0 Å². The van der Waals surface area contributed by atoms with Gasteiger partial charge in [-0.25, -0.2) is 0 Å². The average Bonchev–Trinajstić information content (AvgIpc) is 2.66. The van der Waals surface area contributed by atoms with Crippen LogP contribution >= 0.6 is 11.8 Å². The lowest BCUT2D eigenvalue weighted by atomic mass is 10.1. The number of fused-ring (bicyclic) bond motifs is 1. The molecule has 6 nitrogen and oxygen atoms in total. The first-order valence-electron chi connectivity index (χ1n) is 8.22. The number of carbonyl (C=O) groups excluding carboxylic acids is 2. The third-order valence-electron chi connectivity index (χ3n) is 4.09. The molecule has 0 bridgehead atoms. The van der Waals surface area contributed by atoms with Gasteiger partial charge in [0, 0.05) is 30.3 Å². The molecule has 2 rings (SSSR count). The van der Waals surface area contributed by atoms with E-state index in [4.69, 9.17) is 9.47 Å². The van der Waals surface area contributed by atoms with E-state index in [0.29, 0.717) is 6.42 Å². The van der Waals surface area contributed by atoms with Crippen LogP contribution in [-0.2, 0) is 19.1 Å². The molecule has 7 heteroatoms. The third kappa shape index (κ3) is 4.74. The zero-order chi connectivity index (χ0) is 18.6. The molecular formula is C18H26N2O4S. The first-order valence-corrected chi connectivity index (χ1v) is 9.04. The molecule has 0 aromatic heterocycles. The molecule has 0 saturated heterocycles. The monoisotopic (exact) mass is 366 g/mol. The van der Waals surface area contributed by atoms with Gasteiger partial charge >= 0.3 is 0 Å². The molecular weight excluding hydrogens is 340 g/mol. The van der Waals surface area contributed by atoms with Crippen molar-refractivity contribution in [3.63, 3.8) is 0 Å². The van der Waals surface area contributed by atoms with Gasteiger partial charge in [-0.3, -0.25) is 14.5 Å². The summed E-state index contributed by atoms with van der Waals surface area (Å²) in [4.78, 5) is 28.1. The molecule has 138 valence electrons. The Balaban J connectivity index is 2.24. The number of nitrogens with zero attached hydrogens (tertiary/aromatic N) is 1. The van der Waals surface area contributed by atoms with E-state index < -0.39 is 12.3 Å². The zero-order valence-corrected chi connectivity index (χ0v) is 16.2. The fourth-order valence-corrected chi connectivity index (χ4v) is 4.00. The van der Waals surface area contributed by atoms with E-state index >= 15 is 0 Å². The van der Waals surface area contributed by atoms with Crippen molar-refractivity contribution in [2.75, 3.05) is 25.7 Å². The number of para-hydroxylation sites is 1. The van der Waals surface area contributed by atoms with Crippen molar-refractivity contribution in [1.82, 2.24) is 5.32 Å². The van der Waals surface area contributed by atoms with E-state index in [1.807, 2.05) is 38.1 Å². The first kappa shape index (κ1) is 19.8. The zero-order valence-electron chi connectivity index (χ0n) is 15.4. The summed E-state index contributed by atoms with van der Waals surface area (Å²) in [5.74, 6) is -0.299. The number of hydrogen-bond donors (Lipinski definition) is 1. The molecule has 25 heavy (non-hydrogen) atoms. The number of rotatable bonds is 6. The molecule has 1 aliphatic rings. The van der Waals surface area contributed by atoms with Crippen LogP contribution in [0.25, 0.3) is 0 Å². The predicted molar refractivity (Wildman–Crippen MR) is 98.8 cm³/mol. The van der Waals surface area contributed by atoms with Crippen LogP contribution in [0.4, 0.5) is 5.69 Å². The maximum absolute atomic E-state index is 12.9. The molecule has 1 aromatic carbocycles. The van der Waals surface area contributed by atoms with Crippen LogP contribution in [0, 0.1) is 0 Å². The van der Waals surface area contributed by atoms with Crippen molar-refractivity contribution in [2.24, 2.45) is 0 Å². The Bertz CT molecular complexity index is 631. The largest absolute Gasteiger partial charge is 0.354 e. The molecule has 0 fully saturated rings. The normalized spacial score (nSPS) is 17.8. The summed E-state index contributed by atoms with van der Waals surface area (Å²) in [5.41, 5.74) is 0.778. The van der Waals surface area contributed by atoms with Gasteiger partial charge in [0.1, 0.15) is 6.04 Å². The van der Waals surface area contributed by atoms with Crippen LogP contribution in [0.2, 0.25) is 0 Å². The van der Waals surface area contributed by atoms with Gasteiger partial charge in [0.2, 0.25) is 11.8 Å². The highest BCUT2D eigenvalue weighted by atomic mass is 32.2. The van der Waals surface area contributed by atoms with Crippen molar-refractivity contribution >= 4 is 29.3 Å². The molecule has 0 radical (unpaired) electrons. The van der Waals surface area contributed by atoms with Crippen LogP contribution in [0.1, 0.15) is 27.2 Å². The number of carbonyl (C=O) groups is 2. The summed E-state index contributed by atoms with van der Waals surface area (Å²) in [6, 6.07) is 7.08. The number of benzene rings is 1. The summed E-state index contributed by atoms with van der Waals surface area (Å²) in [7, 11) is 3.02. The molecule has 2 amide bonds. The number of anilines is 1. The number of ether oxygens (including phenoxy) is 2. The molecule has 0 spiro atoms. The summed E-state index contributed by atoms with van der Waals surface area (Å²) >= 11 is 1.66. The maximum Gasteiger partial charge on any atom is 0.243 e. The Morgan fingerprint density at radius 3 is 2.60 bits per heavy atom. The van der Waals surface area contributed by atoms with Gasteiger partial charge in [-0.1, -0.05) is 12.1 Å². The van der Waals surface area contributed by atoms with Gasteiger partial charge in [0.05, 0.1) is 12.2 Å². The standard InChI is InChI=1S/C18H26N2O4S/c1-12(17(22)19-11-16(23-4)24-5)20-13-8-6-7-9-14(13)25-18(2,3)10-15(20)21/h6-9,12,16H,10-11H2,1-5H3,(H,19,22)/t12-/m1/s1. The summed E-state index contributed by atoms with van der Waals surface area (Å²) in [6.45, 7) is 6.05. The fraction of sp³-hybridized carbons (Fsp3) is 0.556. The van der Waals surface area contributed by atoms with E-state index in [0.717, 1.165) is 10.6 Å². The van der Waals surface area contributed by atoms with Crippen molar-refractivity contribution in [1.29, 1.82) is 0 Å². The lowest BCUT2D eigenvalue weighted by molar-refractivity contribution is -0.130. The number of thioether (sulfide) groups is 1. The van der Waals surface area contributed by atoms with Gasteiger partial charge in [-0.15, -0.1) is 11.8 Å². The predicted octanol–water partition coefficient (Wildman–Crippen LogP) is 2.42. The van der Waals surface area contributed by atoms with Gasteiger partial charge in [0.25, 0.3) is 0 Å². The Morgan fingerprint density at radius 1 is 1.32 bits per heavy atom. The minimum Gasteiger partial charge on any atom is -0.354 e. The van der Waals surface area contributed by atoms with Crippen LogP contribution in [0.15, 0.2) is 29.2 Å². The summed E-state index contributed by atoms with van der Waals surface area (Å²) < 4.78 is 9.93. The molecule has 1 aliphatic heterocycles. The second kappa shape index (κ2) is 8.21. The van der Waals surface area contributed by atoms with Gasteiger partial charge in [-0.05, 0) is 32.9 Å². The second-order valence-corrected chi connectivity index (χ2v) is 8.34. The summed E-state index contributed by atoms with van der Waals surface area (Å²) in [6.07, 6.45) is -0.152. The third-order valence-corrected chi connectivity index (χ3v) is 5.35. The maximum atomic E-state index is 12.9. The van der Waals surface area contributed by atoms with E-state index in [9.17, 15) is 9.59 Å². The van der Waals surface area contributed by atoms with Gasteiger partial charge in [-0.2, -0.15) is 0 Å².